The van der Waals surface area contributed by atoms with Gasteiger partial charge >= 0.3 is 0 Å². The van der Waals surface area contributed by atoms with E-state index in [2.05, 4.69) is 10.6 Å². The molecule has 0 aliphatic carbocycles. The highest BCUT2D eigenvalue weighted by molar-refractivity contribution is 7.80. The summed E-state index contributed by atoms with van der Waals surface area (Å²) in [6.07, 6.45) is 4.76. The number of rotatable bonds is 6. The third-order valence-electron chi connectivity index (χ3n) is 5.68. The van der Waals surface area contributed by atoms with Gasteiger partial charge in [0, 0.05) is 18.7 Å². The smallest absolute Gasteiger partial charge is 0.263 e. The number of carbonyl (C=O) groups excluding carboxylic acids is 3. The molecule has 0 unspecified atom stereocenters. The first-order valence-electron chi connectivity index (χ1n) is 11.0. The van der Waals surface area contributed by atoms with Crippen molar-refractivity contribution in [1.82, 2.24) is 15.5 Å². The van der Waals surface area contributed by atoms with Crippen molar-refractivity contribution in [3.63, 3.8) is 0 Å². The Morgan fingerprint density at radius 2 is 1.68 bits per heavy atom. The molecule has 9 heteroatoms. The minimum absolute atomic E-state index is 0.0163. The van der Waals surface area contributed by atoms with E-state index >= 15 is 0 Å². The Labute approximate surface area is 202 Å². The van der Waals surface area contributed by atoms with Gasteiger partial charge in [-0.05, 0) is 72.9 Å². The van der Waals surface area contributed by atoms with Gasteiger partial charge in [0.05, 0.1) is 7.11 Å². The van der Waals surface area contributed by atoms with Crippen molar-refractivity contribution in [2.45, 2.75) is 25.9 Å². The summed E-state index contributed by atoms with van der Waals surface area (Å²) in [6.45, 7) is 1.93. The molecule has 8 nitrogen and oxygen atoms in total. The number of hydrogen-bond acceptors (Lipinski definition) is 6. The molecule has 0 atom stereocenters. The minimum Gasteiger partial charge on any atom is -0.493 e. The fourth-order valence-corrected chi connectivity index (χ4v) is 4.04. The van der Waals surface area contributed by atoms with Crippen LogP contribution in [0.4, 0.5) is 0 Å². The maximum atomic E-state index is 12.6. The third-order valence-corrected chi connectivity index (χ3v) is 5.88. The molecule has 4 rings (SSSR count). The van der Waals surface area contributed by atoms with E-state index in [0.29, 0.717) is 22.6 Å². The van der Waals surface area contributed by atoms with E-state index in [9.17, 15) is 14.4 Å². The zero-order valence-electron chi connectivity index (χ0n) is 18.8. The molecule has 176 valence electrons. The fourth-order valence-electron chi connectivity index (χ4n) is 3.85. The van der Waals surface area contributed by atoms with Crippen molar-refractivity contribution in [3.8, 4) is 11.5 Å². The largest absolute Gasteiger partial charge is 0.493 e. The monoisotopic (exact) mass is 479 g/mol. The van der Waals surface area contributed by atoms with Gasteiger partial charge in [0.2, 0.25) is 0 Å². The number of ether oxygens (including phenoxy) is 2. The molecule has 0 bridgehead atoms. The van der Waals surface area contributed by atoms with Crippen LogP contribution < -0.4 is 20.1 Å². The quantitative estimate of drug-likeness (QED) is 0.376. The van der Waals surface area contributed by atoms with Gasteiger partial charge in [-0.15, -0.1) is 0 Å². The Morgan fingerprint density at radius 3 is 2.32 bits per heavy atom. The topological polar surface area (TPSA) is 97.0 Å². The van der Waals surface area contributed by atoms with Gasteiger partial charge in [-0.25, -0.2) is 0 Å². The van der Waals surface area contributed by atoms with E-state index in [-0.39, 0.29) is 23.2 Å². The Morgan fingerprint density at radius 1 is 1.00 bits per heavy atom. The van der Waals surface area contributed by atoms with Crippen molar-refractivity contribution < 1.29 is 23.9 Å². The molecule has 3 amide bonds. The van der Waals surface area contributed by atoms with Gasteiger partial charge in [-0.3, -0.25) is 25.0 Å². The van der Waals surface area contributed by atoms with Gasteiger partial charge in [0.15, 0.2) is 16.6 Å². The van der Waals surface area contributed by atoms with Crippen LogP contribution in [0.2, 0.25) is 0 Å². The number of carbonyl (C=O) groups is 3. The molecule has 2 aliphatic rings. The number of nitrogens with zero attached hydrogens (tertiary/aromatic N) is 1. The van der Waals surface area contributed by atoms with Crippen LogP contribution in [0.25, 0.3) is 6.08 Å². The van der Waals surface area contributed by atoms with Gasteiger partial charge in [0.25, 0.3) is 17.7 Å². The molecular weight excluding hydrogens is 454 g/mol. The molecule has 2 saturated heterocycles. The predicted molar refractivity (Wildman–Crippen MR) is 130 cm³/mol. The molecule has 2 heterocycles. The van der Waals surface area contributed by atoms with E-state index in [1.165, 1.54) is 19.6 Å². The second-order valence-electron chi connectivity index (χ2n) is 8.04. The number of piperidine rings is 1. The fraction of sp³-hybridized carbons (Fsp3) is 0.280. The van der Waals surface area contributed by atoms with Crippen LogP contribution in [0, 0.1) is 0 Å². The maximum Gasteiger partial charge on any atom is 0.263 e. The zero-order valence-corrected chi connectivity index (χ0v) is 19.6. The highest BCUT2D eigenvalue weighted by atomic mass is 32.1. The normalized spacial score (nSPS) is 16.0. The lowest BCUT2D eigenvalue weighted by atomic mass is 10.1. The molecule has 34 heavy (non-hydrogen) atoms. The van der Waals surface area contributed by atoms with E-state index < -0.39 is 11.8 Å². The van der Waals surface area contributed by atoms with Gasteiger partial charge < -0.3 is 14.4 Å². The first-order chi connectivity index (χ1) is 16.4. The predicted octanol–water partition coefficient (Wildman–Crippen LogP) is 2.81. The number of amides is 3. The first-order valence-corrected chi connectivity index (χ1v) is 11.4. The van der Waals surface area contributed by atoms with Crippen molar-refractivity contribution in [3.05, 3.63) is 64.7 Å². The van der Waals surface area contributed by atoms with Crippen molar-refractivity contribution in [2.24, 2.45) is 0 Å². The van der Waals surface area contributed by atoms with Gasteiger partial charge in [0.1, 0.15) is 12.2 Å². The van der Waals surface area contributed by atoms with Crippen molar-refractivity contribution in [2.75, 3.05) is 20.2 Å². The van der Waals surface area contributed by atoms with E-state index in [4.69, 9.17) is 21.7 Å². The lowest BCUT2D eigenvalue weighted by molar-refractivity contribution is -0.123. The summed E-state index contributed by atoms with van der Waals surface area (Å²) in [5.74, 6) is -0.0820. The van der Waals surface area contributed by atoms with Crippen LogP contribution in [-0.4, -0.2) is 47.9 Å². The molecule has 0 radical (unpaired) electrons. The summed E-state index contributed by atoms with van der Waals surface area (Å²) < 4.78 is 11.3. The Bertz CT molecular complexity index is 1130. The highest BCUT2D eigenvalue weighted by Crippen LogP contribution is 2.30. The number of methoxy groups -OCH3 is 1. The average molecular weight is 480 g/mol. The molecule has 2 aliphatic heterocycles. The number of thiocarbonyl (C=S) groups is 1. The number of nitrogens with one attached hydrogen (secondary N) is 2. The van der Waals surface area contributed by atoms with Gasteiger partial charge in [-0.1, -0.05) is 18.2 Å². The van der Waals surface area contributed by atoms with Crippen molar-refractivity contribution >= 4 is 41.1 Å². The third kappa shape index (κ3) is 5.43. The molecule has 2 aromatic carbocycles. The summed E-state index contributed by atoms with van der Waals surface area (Å²) >= 11 is 4.81. The lowest BCUT2D eigenvalue weighted by Gasteiger charge is -2.26. The molecule has 0 aromatic heterocycles. The van der Waals surface area contributed by atoms with E-state index in [0.717, 1.165) is 31.5 Å². The SMILES string of the molecule is COc1cc(C=C2C(=O)NC(=S)NC2=O)ccc1OCc1ccc(C(=O)N2CCCCC2)cc1. The van der Waals surface area contributed by atoms with Crippen LogP contribution in [0.15, 0.2) is 48.0 Å². The summed E-state index contributed by atoms with van der Waals surface area (Å²) in [5.41, 5.74) is 2.13. The number of likely N-dealkylation sites (tertiary alicyclic amines) is 1. The summed E-state index contributed by atoms with van der Waals surface area (Å²) in [5, 5.41) is 4.78. The lowest BCUT2D eigenvalue weighted by Crippen LogP contribution is -2.51. The average Bonchev–Trinajstić information content (AvgIpc) is 2.85. The van der Waals surface area contributed by atoms with Crippen LogP contribution in [0.3, 0.4) is 0 Å². The summed E-state index contributed by atoms with van der Waals surface area (Å²) in [6, 6.07) is 12.5. The standard InChI is InChI=1S/C25H25N3O5S/c1-32-21-14-17(13-19-22(29)26-25(34)27-23(19)30)7-10-20(21)33-15-16-5-8-18(9-6-16)24(31)28-11-3-2-4-12-28/h5-10,13-14H,2-4,11-12,15H2,1H3,(H2,26,27,29,30,34). The molecule has 0 saturated carbocycles. The van der Waals surface area contributed by atoms with Crippen LogP contribution in [0.1, 0.15) is 40.7 Å². The second-order valence-corrected chi connectivity index (χ2v) is 8.45. The minimum atomic E-state index is -0.560. The van der Waals surface area contributed by atoms with E-state index in [1.54, 1.807) is 18.2 Å². The van der Waals surface area contributed by atoms with Crippen molar-refractivity contribution in [1.29, 1.82) is 0 Å². The summed E-state index contributed by atoms with van der Waals surface area (Å²) in [7, 11) is 1.51. The Hall–Kier alpha value is -3.72. The Kier molecular flexibility index (Phi) is 7.22. The van der Waals surface area contributed by atoms with E-state index in [1.807, 2.05) is 29.2 Å². The number of benzene rings is 2. The zero-order chi connectivity index (χ0) is 24.1. The summed E-state index contributed by atoms with van der Waals surface area (Å²) in [4.78, 5) is 38.6. The van der Waals surface area contributed by atoms with Crippen LogP contribution in [0.5, 0.6) is 11.5 Å². The molecule has 2 fully saturated rings. The molecule has 2 N–H and O–H groups in total. The number of hydrogen-bond donors (Lipinski definition) is 2. The first kappa shape index (κ1) is 23.4. The van der Waals surface area contributed by atoms with Crippen LogP contribution >= 0.6 is 12.2 Å². The molecule has 2 aromatic rings. The highest BCUT2D eigenvalue weighted by Gasteiger charge is 2.25. The van der Waals surface area contributed by atoms with Gasteiger partial charge in [-0.2, -0.15) is 0 Å². The molecule has 0 spiro atoms. The Balaban J connectivity index is 1.41. The second kappa shape index (κ2) is 10.5. The maximum absolute atomic E-state index is 12.6. The van der Waals surface area contributed by atoms with Crippen LogP contribution in [-0.2, 0) is 16.2 Å². The molecular formula is C25H25N3O5S.